The third-order valence-electron chi connectivity index (χ3n) is 3.00. The van der Waals surface area contributed by atoms with E-state index in [1.54, 1.807) is 4.68 Å². The molecule has 1 N–H and O–H groups in total. The van der Waals surface area contributed by atoms with Crippen LogP contribution in [0.4, 0.5) is 0 Å². The first kappa shape index (κ1) is 14.6. The van der Waals surface area contributed by atoms with Gasteiger partial charge in [0.25, 0.3) is 5.95 Å². The first-order valence-corrected chi connectivity index (χ1v) is 6.91. The Balaban J connectivity index is 2.15. The highest BCUT2D eigenvalue weighted by molar-refractivity contribution is 5.22. The Labute approximate surface area is 119 Å². The van der Waals surface area contributed by atoms with Gasteiger partial charge in [-0.2, -0.15) is 4.68 Å². The largest absolute Gasteiger partial charge is 0.312 e. The van der Waals surface area contributed by atoms with Gasteiger partial charge in [-0.15, -0.1) is 5.10 Å². The zero-order valence-corrected chi connectivity index (χ0v) is 12.8. The minimum atomic E-state index is 0.577. The first-order chi connectivity index (χ1) is 9.47. The topological polar surface area (TPSA) is 68.5 Å². The van der Waals surface area contributed by atoms with E-state index in [1.165, 1.54) is 0 Å². The van der Waals surface area contributed by atoms with Gasteiger partial charge in [0, 0.05) is 24.0 Å². The summed E-state index contributed by atoms with van der Waals surface area (Å²) in [6.45, 7) is 11.9. The smallest absolute Gasteiger partial charge is 0.252 e. The quantitative estimate of drug-likeness (QED) is 0.899. The van der Waals surface area contributed by atoms with Crippen LogP contribution in [0.15, 0.2) is 6.20 Å². The molecular weight excluding hydrogens is 252 g/mol. The summed E-state index contributed by atoms with van der Waals surface area (Å²) in [4.78, 5) is 13.2. The number of aromatic nitrogens is 5. The van der Waals surface area contributed by atoms with E-state index in [-0.39, 0.29) is 0 Å². The Morgan fingerprint density at radius 2 is 1.95 bits per heavy atom. The molecule has 0 aliphatic heterocycles. The van der Waals surface area contributed by atoms with E-state index in [1.807, 2.05) is 27.0 Å². The zero-order chi connectivity index (χ0) is 14.7. The molecule has 108 valence electrons. The maximum absolute atomic E-state index is 4.52. The third-order valence-corrected chi connectivity index (χ3v) is 3.00. The predicted octanol–water partition coefficient (Wildman–Crippen LogP) is 1.73. The summed E-state index contributed by atoms with van der Waals surface area (Å²) in [6, 6.07) is 0. The minimum absolute atomic E-state index is 0.577. The normalized spacial score (nSPS) is 11.3. The van der Waals surface area contributed by atoms with Gasteiger partial charge in [0.2, 0.25) is 0 Å². The van der Waals surface area contributed by atoms with Gasteiger partial charge in [-0.3, -0.25) is 0 Å². The zero-order valence-electron chi connectivity index (χ0n) is 12.8. The van der Waals surface area contributed by atoms with Crippen molar-refractivity contribution >= 4 is 0 Å². The Morgan fingerprint density at radius 3 is 2.50 bits per heavy atom. The molecule has 0 aliphatic rings. The number of nitrogens with zero attached hydrogens (tertiary/aromatic N) is 5. The van der Waals surface area contributed by atoms with Crippen molar-refractivity contribution in [3.05, 3.63) is 29.1 Å². The lowest BCUT2D eigenvalue weighted by atomic mass is 10.2. The number of aryl methyl sites for hydroxylation is 3. The maximum Gasteiger partial charge on any atom is 0.252 e. The summed E-state index contributed by atoms with van der Waals surface area (Å²) in [5, 5.41) is 7.70. The molecule has 2 aromatic heterocycles. The van der Waals surface area contributed by atoms with Crippen molar-refractivity contribution in [2.24, 2.45) is 5.92 Å². The average Bonchev–Trinajstić information content (AvgIpc) is 2.70. The van der Waals surface area contributed by atoms with Crippen LogP contribution in [0, 0.1) is 26.7 Å². The molecule has 2 aromatic rings. The minimum Gasteiger partial charge on any atom is -0.312 e. The number of rotatable bonds is 5. The van der Waals surface area contributed by atoms with Crippen LogP contribution in [0.3, 0.4) is 0 Å². The molecule has 0 unspecified atom stereocenters. The molecule has 6 nitrogen and oxygen atoms in total. The van der Waals surface area contributed by atoms with Crippen LogP contribution in [-0.2, 0) is 6.54 Å². The van der Waals surface area contributed by atoms with E-state index in [0.717, 1.165) is 36.0 Å². The van der Waals surface area contributed by atoms with Crippen molar-refractivity contribution in [3.8, 4) is 5.95 Å². The van der Waals surface area contributed by atoms with Crippen LogP contribution < -0.4 is 5.32 Å². The lowest BCUT2D eigenvalue weighted by molar-refractivity contribution is 0.550. The Kier molecular flexibility index (Phi) is 4.44. The van der Waals surface area contributed by atoms with Gasteiger partial charge in [-0.1, -0.05) is 13.8 Å². The van der Waals surface area contributed by atoms with Gasteiger partial charge >= 0.3 is 0 Å². The van der Waals surface area contributed by atoms with Crippen LogP contribution >= 0.6 is 0 Å². The predicted molar refractivity (Wildman–Crippen MR) is 77.7 cm³/mol. The summed E-state index contributed by atoms with van der Waals surface area (Å²) in [5.74, 6) is 2.74. The van der Waals surface area contributed by atoms with E-state index in [2.05, 4.69) is 39.2 Å². The number of nitrogens with one attached hydrogen (secondary N) is 1. The molecule has 2 heterocycles. The fourth-order valence-corrected chi connectivity index (χ4v) is 1.96. The molecular formula is C14H22N6. The van der Waals surface area contributed by atoms with Gasteiger partial charge in [-0.25, -0.2) is 15.0 Å². The summed E-state index contributed by atoms with van der Waals surface area (Å²) in [5.41, 5.74) is 2.09. The van der Waals surface area contributed by atoms with Crippen LogP contribution in [0.1, 0.15) is 36.8 Å². The third kappa shape index (κ3) is 3.39. The first-order valence-electron chi connectivity index (χ1n) is 6.91. The van der Waals surface area contributed by atoms with Gasteiger partial charge in [0.05, 0.1) is 0 Å². The molecule has 0 spiro atoms. The van der Waals surface area contributed by atoms with E-state index >= 15 is 0 Å². The fourth-order valence-electron chi connectivity index (χ4n) is 1.96. The Hall–Kier alpha value is -1.82. The van der Waals surface area contributed by atoms with Crippen LogP contribution in [0.5, 0.6) is 0 Å². The van der Waals surface area contributed by atoms with Gasteiger partial charge in [-0.05, 0) is 33.2 Å². The van der Waals surface area contributed by atoms with E-state index in [9.17, 15) is 0 Å². The highest BCUT2D eigenvalue weighted by Gasteiger charge is 2.10. The molecule has 0 bridgehead atoms. The monoisotopic (exact) mass is 274 g/mol. The highest BCUT2D eigenvalue weighted by atomic mass is 15.4. The number of hydrogen-bond donors (Lipinski definition) is 1. The molecule has 0 atom stereocenters. The second kappa shape index (κ2) is 6.09. The van der Waals surface area contributed by atoms with E-state index < -0.39 is 0 Å². The Bertz CT molecular complexity index is 587. The van der Waals surface area contributed by atoms with Crippen molar-refractivity contribution in [3.63, 3.8) is 0 Å². The Morgan fingerprint density at radius 1 is 1.20 bits per heavy atom. The fraction of sp³-hybridized carbons (Fsp3) is 0.571. The summed E-state index contributed by atoms with van der Waals surface area (Å²) < 4.78 is 1.67. The van der Waals surface area contributed by atoms with Gasteiger partial charge < -0.3 is 5.32 Å². The molecule has 6 heteroatoms. The maximum atomic E-state index is 4.52. The van der Waals surface area contributed by atoms with Crippen molar-refractivity contribution < 1.29 is 0 Å². The summed E-state index contributed by atoms with van der Waals surface area (Å²) >= 11 is 0. The van der Waals surface area contributed by atoms with E-state index in [4.69, 9.17) is 0 Å². The lowest BCUT2D eigenvalue weighted by Gasteiger charge is -2.10. The second-order valence-electron chi connectivity index (χ2n) is 5.42. The van der Waals surface area contributed by atoms with Gasteiger partial charge in [0.1, 0.15) is 11.6 Å². The molecule has 0 aromatic carbocycles. The van der Waals surface area contributed by atoms with Crippen molar-refractivity contribution in [2.75, 3.05) is 6.54 Å². The molecule has 2 rings (SSSR count). The molecule has 0 aliphatic carbocycles. The van der Waals surface area contributed by atoms with Crippen molar-refractivity contribution in [1.82, 2.24) is 30.0 Å². The molecule has 0 fully saturated rings. The van der Waals surface area contributed by atoms with Crippen LogP contribution in [-0.4, -0.2) is 31.3 Å². The summed E-state index contributed by atoms with van der Waals surface area (Å²) in [7, 11) is 0. The molecule has 0 saturated heterocycles. The molecule has 0 saturated carbocycles. The molecule has 0 amide bonds. The van der Waals surface area contributed by atoms with Gasteiger partial charge in [0.15, 0.2) is 0 Å². The second-order valence-corrected chi connectivity index (χ2v) is 5.42. The standard InChI is InChI=1S/C14H22N6/c1-9(2)6-15-7-13-8-16-14(17-10(13)3)20-12(5)18-11(4)19-20/h8-9,15H,6-7H2,1-5H3. The van der Waals surface area contributed by atoms with Crippen molar-refractivity contribution in [2.45, 2.75) is 41.2 Å². The summed E-state index contributed by atoms with van der Waals surface area (Å²) in [6.07, 6.45) is 1.86. The highest BCUT2D eigenvalue weighted by Crippen LogP contribution is 2.08. The van der Waals surface area contributed by atoms with Crippen LogP contribution in [0.25, 0.3) is 5.95 Å². The van der Waals surface area contributed by atoms with E-state index in [0.29, 0.717) is 11.9 Å². The van der Waals surface area contributed by atoms with Crippen molar-refractivity contribution in [1.29, 1.82) is 0 Å². The molecule has 20 heavy (non-hydrogen) atoms. The lowest BCUT2D eigenvalue weighted by Crippen LogP contribution is -2.20. The average molecular weight is 274 g/mol. The molecule has 0 radical (unpaired) electrons. The number of hydrogen-bond acceptors (Lipinski definition) is 5. The SMILES string of the molecule is Cc1nc(C)n(-c2ncc(CNCC(C)C)c(C)n2)n1. The van der Waals surface area contributed by atoms with Crippen LogP contribution in [0.2, 0.25) is 0 Å².